The number of pyridine rings is 1. The molecule has 3 aromatic rings. The summed E-state index contributed by atoms with van der Waals surface area (Å²) in [6.07, 6.45) is 4.35. The van der Waals surface area contributed by atoms with Crippen LogP contribution in [-0.2, 0) is 6.54 Å². The van der Waals surface area contributed by atoms with Gasteiger partial charge in [-0.2, -0.15) is 5.10 Å². The van der Waals surface area contributed by atoms with Gasteiger partial charge in [0, 0.05) is 12.4 Å². The summed E-state index contributed by atoms with van der Waals surface area (Å²) < 4.78 is 14.5. The van der Waals surface area contributed by atoms with Gasteiger partial charge in [0.2, 0.25) is 0 Å². The molecule has 0 fully saturated rings. The third-order valence-corrected chi connectivity index (χ3v) is 3.15. The molecule has 0 aliphatic carbocycles. The zero-order valence-electron chi connectivity index (χ0n) is 12.0. The molecule has 7 heteroatoms. The number of carbonyl (C=O) groups excluding carboxylic acids is 1. The molecule has 1 amide bonds. The third kappa shape index (κ3) is 3.52. The lowest BCUT2D eigenvalue weighted by atomic mass is 10.2. The zero-order valence-corrected chi connectivity index (χ0v) is 12.0. The highest BCUT2D eigenvalue weighted by Gasteiger charge is 2.08. The topological polar surface area (TPSA) is 80.0 Å². The summed E-state index contributed by atoms with van der Waals surface area (Å²) in [7, 11) is 0. The van der Waals surface area contributed by atoms with Crippen LogP contribution in [0.25, 0.3) is 5.69 Å². The molecular weight excluding hydrogens is 299 g/mol. The molecule has 1 aromatic carbocycles. The largest absolute Gasteiger partial charge is 0.506 e. The molecule has 0 bridgehead atoms. The maximum Gasteiger partial charge on any atom is 0.253 e. The van der Waals surface area contributed by atoms with Crippen molar-refractivity contribution in [2.75, 3.05) is 0 Å². The number of hydrogen-bond acceptors (Lipinski definition) is 4. The van der Waals surface area contributed by atoms with Gasteiger partial charge in [-0.05, 0) is 36.4 Å². The molecule has 0 unspecified atom stereocenters. The molecule has 2 aromatic heterocycles. The molecular formula is C16H13FN4O2. The van der Waals surface area contributed by atoms with Crippen molar-refractivity contribution in [1.82, 2.24) is 20.1 Å². The van der Waals surface area contributed by atoms with Crippen LogP contribution in [-0.4, -0.2) is 25.8 Å². The minimum Gasteiger partial charge on any atom is -0.506 e. The van der Waals surface area contributed by atoms with E-state index in [-0.39, 0.29) is 29.6 Å². The van der Waals surface area contributed by atoms with Crippen LogP contribution in [0, 0.1) is 5.82 Å². The van der Waals surface area contributed by atoms with Gasteiger partial charge in [0.15, 0.2) is 0 Å². The van der Waals surface area contributed by atoms with Crippen LogP contribution < -0.4 is 5.32 Å². The van der Waals surface area contributed by atoms with E-state index < -0.39 is 0 Å². The average molecular weight is 312 g/mol. The van der Waals surface area contributed by atoms with Crippen molar-refractivity contribution in [3.05, 3.63) is 72.1 Å². The van der Waals surface area contributed by atoms with Gasteiger partial charge in [-0.15, -0.1) is 0 Å². The van der Waals surface area contributed by atoms with Crippen molar-refractivity contribution in [2.45, 2.75) is 6.54 Å². The number of carbonyl (C=O) groups is 1. The fourth-order valence-corrected chi connectivity index (χ4v) is 2.02. The fourth-order valence-electron chi connectivity index (χ4n) is 2.02. The number of rotatable bonds is 4. The Morgan fingerprint density at radius 2 is 2.00 bits per heavy atom. The molecule has 0 saturated carbocycles. The standard InChI is InChI=1S/C16H13FN4O2/c17-12-1-3-14(4-2-12)21-6-5-13(20-21)9-19-16(23)11-7-15(22)10-18-8-11/h1-8,10,22H,9H2,(H,19,23). The first kappa shape index (κ1) is 14.7. The molecule has 0 aliphatic rings. The third-order valence-electron chi connectivity index (χ3n) is 3.15. The molecule has 116 valence electrons. The lowest BCUT2D eigenvalue weighted by Crippen LogP contribution is -2.23. The lowest BCUT2D eigenvalue weighted by molar-refractivity contribution is 0.0949. The van der Waals surface area contributed by atoms with Crippen LogP contribution in [0.5, 0.6) is 5.75 Å². The van der Waals surface area contributed by atoms with Crippen molar-refractivity contribution in [2.24, 2.45) is 0 Å². The Hall–Kier alpha value is -3.22. The zero-order chi connectivity index (χ0) is 16.2. The van der Waals surface area contributed by atoms with Gasteiger partial charge in [-0.25, -0.2) is 9.07 Å². The van der Waals surface area contributed by atoms with Gasteiger partial charge >= 0.3 is 0 Å². The number of hydrogen-bond donors (Lipinski definition) is 2. The molecule has 0 saturated heterocycles. The number of amides is 1. The van der Waals surface area contributed by atoms with E-state index in [1.54, 1.807) is 29.1 Å². The number of aromatic hydroxyl groups is 1. The summed E-state index contributed by atoms with van der Waals surface area (Å²) in [6, 6.07) is 9.02. The van der Waals surface area contributed by atoms with E-state index in [2.05, 4.69) is 15.4 Å². The highest BCUT2D eigenvalue weighted by Crippen LogP contribution is 2.10. The number of nitrogens with zero attached hydrogens (tertiary/aromatic N) is 3. The molecule has 3 rings (SSSR count). The maximum atomic E-state index is 12.9. The quantitative estimate of drug-likeness (QED) is 0.772. The molecule has 2 N–H and O–H groups in total. The Balaban J connectivity index is 1.65. The average Bonchev–Trinajstić information content (AvgIpc) is 3.02. The summed E-state index contributed by atoms with van der Waals surface area (Å²) in [5, 5.41) is 16.3. The first-order chi connectivity index (χ1) is 11.1. The Bertz CT molecular complexity index is 830. The Morgan fingerprint density at radius 3 is 2.74 bits per heavy atom. The van der Waals surface area contributed by atoms with E-state index in [0.29, 0.717) is 5.69 Å². The van der Waals surface area contributed by atoms with Gasteiger partial charge in [-0.1, -0.05) is 0 Å². The minimum absolute atomic E-state index is 0.0711. The fraction of sp³-hybridized carbons (Fsp3) is 0.0625. The van der Waals surface area contributed by atoms with Gasteiger partial charge in [0.25, 0.3) is 5.91 Å². The predicted molar refractivity (Wildman–Crippen MR) is 80.6 cm³/mol. The lowest BCUT2D eigenvalue weighted by Gasteiger charge is -2.04. The van der Waals surface area contributed by atoms with Crippen LogP contribution in [0.1, 0.15) is 16.1 Å². The SMILES string of the molecule is O=C(NCc1ccn(-c2ccc(F)cc2)n1)c1cncc(O)c1. The van der Waals surface area contributed by atoms with E-state index in [4.69, 9.17) is 0 Å². The van der Waals surface area contributed by atoms with Crippen molar-refractivity contribution in [3.8, 4) is 11.4 Å². The van der Waals surface area contributed by atoms with Gasteiger partial charge in [0.1, 0.15) is 11.6 Å². The highest BCUT2D eigenvalue weighted by molar-refractivity contribution is 5.94. The van der Waals surface area contributed by atoms with Crippen LogP contribution in [0.2, 0.25) is 0 Å². The summed E-state index contributed by atoms with van der Waals surface area (Å²) >= 11 is 0. The van der Waals surface area contributed by atoms with Crippen molar-refractivity contribution >= 4 is 5.91 Å². The van der Waals surface area contributed by atoms with E-state index in [1.165, 1.54) is 30.6 Å². The molecule has 0 aliphatic heterocycles. The second kappa shape index (κ2) is 6.27. The monoisotopic (exact) mass is 312 g/mol. The number of benzene rings is 1. The van der Waals surface area contributed by atoms with Crippen molar-refractivity contribution in [3.63, 3.8) is 0 Å². The van der Waals surface area contributed by atoms with Crippen LogP contribution in [0.4, 0.5) is 4.39 Å². The van der Waals surface area contributed by atoms with Crippen molar-refractivity contribution in [1.29, 1.82) is 0 Å². The molecule has 6 nitrogen and oxygen atoms in total. The molecule has 0 spiro atoms. The van der Waals surface area contributed by atoms with Gasteiger partial charge in [-0.3, -0.25) is 9.78 Å². The Morgan fingerprint density at radius 1 is 1.22 bits per heavy atom. The van der Waals surface area contributed by atoms with E-state index >= 15 is 0 Å². The number of nitrogens with one attached hydrogen (secondary N) is 1. The smallest absolute Gasteiger partial charge is 0.253 e. The van der Waals surface area contributed by atoms with Gasteiger partial charge in [0.05, 0.1) is 29.7 Å². The normalized spacial score (nSPS) is 10.5. The molecule has 0 radical (unpaired) electrons. The minimum atomic E-state index is -0.357. The molecule has 0 atom stereocenters. The highest BCUT2D eigenvalue weighted by atomic mass is 19.1. The second-order valence-corrected chi connectivity index (χ2v) is 4.84. The summed E-state index contributed by atoms with van der Waals surface area (Å²) in [5.41, 5.74) is 1.64. The van der Waals surface area contributed by atoms with Crippen LogP contribution in [0.15, 0.2) is 55.0 Å². The Labute approximate surface area is 131 Å². The predicted octanol–water partition coefficient (Wildman–Crippen LogP) is 2.04. The van der Waals surface area contributed by atoms with E-state index in [0.717, 1.165) is 5.69 Å². The van der Waals surface area contributed by atoms with E-state index in [1.807, 2.05) is 0 Å². The number of aromatic nitrogens is 3. The van der Waals surface area contributed by atoms with Crippen molar-refractivity contribution < 1.29 is 14.3 Å². The summed E-state index contributed by atoms with van der Waals surface area (Å²) in [6.45, 7) is 0.225. The summed E-state index contributed by atoms with van der Waals surface area (Å²) in [5.74, 6) is -0.740. The second-order valence-electron chi connectivity index (χ2n) is 4.84. The molecule has 23 heavy (non-hydrogen) atoms. The number of halogens is 1. The first-order valence-corrected chi connectivity index (χ1v) is 6.84. The Kier molecular flexibility index (Phi) is 4.01. The van der Waals surface area contributed by atoms with E-state index in [9.17, 15) is 14.3 Å². The maximum absolute atomic E-state index is 12.9. The van der Waals surface area contributed by atoms with Crippen LogP contribution in [0.3, 0.4) is 0 Å². The van der Waals surface area contributed by atoms with Crippen LogP contribution >= 0.6 is 0 Å². The first-order valence-electron chi connectivity index (χ1n) is 6.84. The molecule has 2 heterocycles. The van der Waals surface area contributed by atoms with Gasteiger partial charge < -0.3 is 10.4 Å². The summed E-state index contributed by atoms with van der Waals surface area (Å²) in [4.78, 5) is 15.7.